The highest BCUT2D eigenvalue weighted by molar-refractivity contribution is 9.10. The van der Waals surface area contributed by atoms with Crippen LogP contribution in [0.1, 0.15) is 35.4 Å². The van der Waals surface area contributed by atoms with Crippen LogP contribution in [0.2, 0.25) is 0 Å². The molecule has 3 aromatic rings. The Balaban J connectivity index is 1.62. The van der Waals surface area contributed by atoms with Crippen molar-refractivity contribution in [1.82, 2.24) is 9.99 Å². The average molecular weight is 406 g/mol. The molecule has 0 unspecified atom stereocenters. The Kier molecular flexibility index (Phi) is 3.75. The number of nitrogens with zero attached hydrogens (tertiary/aromatic N) is 3. The predicted octanol–water partition coefficient (Wildman–Crippen LogP) is 5.09. The van der Waals surface area contributed by atoms with Crippen LogP contribution in [-0.2, 0) is 0 Å². The van der Waals surface area contributed by atoms with E-state index in [2.05, 4.69) is 56.3 Å². The van der Waals surface area contributed by atoms with E-state index in [1.165, 1.54) is 5.56 Å². The van der Waals surface area contributed by atoms with E-state index >= 15 is 0 Å². The van der Waals surface area contributed by atoms with Gasteiger partial charge in [0, 0.05) is 34.4 Å². The molecule has 128 valence electrons. The molecule has 2 atom stereocenters. The maximum atomic E-state index is 6.34. The maximum Gasteiger partial charge on any atom is 0.213 e. The zero-order valence-corrected chi connectivity index (χ0v) is 15.5. The van der Waals surface area contributed by atoms with E-state index in [-0.39, 0.29) is 12.3 Å². The number of aromatic nitrogens is 1. The molecule has 2 aliphatic rings. The van der Waals surface area contributed by atoms with Crippen LogP contribution in [0.5, 0.6) is 5.75 Å². The Bertz CT molecular complexity index is 975. The standard InChI is InChI=1S/C21H16BrN3O/c22-16-6-7-20-17(12-16)19-13-18(14-4-2-1-3-5-14)24-25(19)21(26-20)15-8-10-23-11-9-15/h1-12,19,21H,13H2/t19-,21-/m1/s1. The first-order valence-electron chi connectivity index (χ1n) is 8.57. The van der Waals surface area contributed by atoms with Gasteiger partial charge in [0.2, 0.25) is 6.23 Å². The van der Waals surface area contributed by atoms with Crippen molar-refractivity contribution in [3.63, 3.8) is 0 Å². The molecule has 3 heterocycles. The summed E-state index contributed by atoms with van der Waals surface area (Å²) in [6.45, 7) is 0. The fraction of sp³-hybridized carbons (Fsp3) is 0.143. The molecule has 5 heteroatoms. The lowest BCUT2D eigenvalue weighted by molar-refractivity contribution is -0.0191. The topological polar surface area (TPSA) is 37.7 Å². The smallest absolute Gasteiger partial charge is 0.213 e. The van der Waals surface area contributed by atoms with Gasteiger partial charge in [-0.25, -0.2) is 5.01 Å². The van der Waals surface area contributed by atoms with E-state index in [9.17, 15) is 0 Å². The van der Waals surface area contributed by atoms with Gasteiger partial charge in [-0.05, 0) is 35.9 Å². The number of benzene rings is 2. The van der Waals surface area contributed by atoms with Crippen LogP contribution < -0.4 is 4.74 Å². The molecule has 26 heavy (non-hydrogen) atoms. The predicted molar refractivity (Wildman–Crippen MR) is 104 cm³/mol. The zero-order valence-electron chi connectivity index (χ0n) is 13.9. The van der Waals surface area contributed by atoms with Crippen molar-refractivity contribution in [3.8, 4) is 5.75 Å². The number of hydrogen-bond donors (Lipinski definition) is 0. The highest BCUT2D eigenvalue weighted by Crippen LogP contribution is 2.48. The Hall–Kier alpha value is -2.66. The minimum atomic E-state index is -0.252. The molecular formula is C21H16BrN3O. The van der Waals surface area contributed by atoms with Gasteiger partial charge in [-0.1, -0.05) is 46.3 Å². The molecule has 0 radical (unpaired) electrons. The molecule has 4 nitrogen and oxygen atoms in total. The quantitative estimate of drug-likeness (QED) is 0.595. The molecular weight excluding hydrogens is 390 g/mol. The minimum Gasteiger partial charge on any atom is -0.464 e. The molecule has 2 aliphatic heterocycles. The Morgan fingerprint density at radius 3 is 2.62 bits per heavy atom. The Labute approximate surface area is 160 Å². The lowest BCUT2D eigenvalue weighted by Gasteiger charge is -2.38. The summed E-state index contributed by atoms with van der Waals surface area (Å²) in [4.78, 5) is 4.13. The van der Waals surface area contributed by atoms with Crippen molar-refractivity contribution in [2.45, 2.75) is 18.7 Å². The van der Waals surface area contributed by atoms with Gasteiger partial charge < -0.3 is 4.74 Å². The summed E-state index contributed by atoms with van der Waals surface area (Å²) >= 11 is 3.59. The van der Waals surface area contributed by atoms with Crippen LogP contribution in [-0.4, -0.2) is 15.7 Å². The first-order valence-corrected chi connectivity index (χ1v) is 9.36. The van der Waals surface area contributed by atoms with Crippen molar-refractivity contribution < 1.29 is 4.74 Å². The molecule has 0 saturated carbocycles. The van der Waals surface area contributed by atoms with Crippen LogP contribution in [0.4, 0.5) is 0 Å². The maximum absolute atomic E-state index is 6.34. The lowest BCUT2D eigenvalue weighted by atomic mass is 9.96. The minimum absolute atomic E-state index is 0.157. The number of hydrazone groups is 1. The first kappa shape index (κ1) is 15.6. The van der Waals surface area contributed by atoms with Gasteiger partial charge in [0.1, 0.15) is 5.75 Å². The molecule has 0 bridgehead atoms. The zero-order chi connectivity index (χ0) is 17.5. The summed E-state index contributed by atoms with van der Waals surface area (Å²) in [7, 11) is 0. The summed E-state index contributed by atoms with van der Waals surface area (Å²) in [6, 6.07) is 20.7. The van der Waals surface area contributed by atoms with Gasteiger partial charge >= 0.3 is 0 Å². The van der Waals surface area contributed by atoms with E-state index in [0.717, 1.165) is 33.5 Å². The lowest BCUT2D eigenvalue weighted by Crippen LogP contribution is -2.33. The number of ether oxygens (including phenoxy) is 1. The molecule has 0 aliphatic carbocycles. The summed E-state index contributed by atoms with van der Waals surface area (Å²) in [5.74, 6) is 0.917. The number of fused-ring (bicyclic) bond motifs is 3. The Morgan fingerprint density at radius 2 is 1.81 bits per heavy atom. The molecule has 0 saturated heterocycles. The third-order valence-electron chi connectivity index (χ3n) is 4.85. The van der Waals surface area contributed by atoms with Gasteiger partial charge in [-0.2, -0.15) is 5.10 Å². The van der Waals surface area contributed by atoms with E-state index in [4.69, 9.17) is 9.84 Å². The molecule has 2 aromatic carbocycles. The van der Waals surface area contributed by atoms with Crippen molar-refractivity contribution in [1.29, 1.82) is 0 Å². The third kappa shape index (κ3) is 2.59. The van der Waals surface area contributed by atoms with Crippen LogP contribution in [0.3, 0.4) is 0 Å². The summed E-state index contributed by atoms with van der Waals surface area (Å²) in [6.07, 6.45) is 4.20. The molecule has 1 aromatic heterocycles. The second-order valence-electron chi connectivity index (χ2n) is 6.45. The van der Waals surface area contributed by atoms with Crippen LogP contribution >= 0.6 is 15.9 Å². The van der Waals surface area contributed by atoms with Crippen LogP contribution in [0, 0.1) is 0 Å². The molecule has 0 amide bonds. The number of halogens is 1. The third-order valence-corrected chi connectivity index (χ3v) is 5.34. The van der Waals surface area contributed by atoms with Crippen molar-refractivity contribution >= 4 is 21.6 Å². The van der Waals surface area contributed by atoms with Gasteiger partial charge in [-0.3, -0.25) is 4.98 Å². The molecule has 0 spiro atoms. The van der Waals surface area contributed by atoms with Gasteiger partial charge in [0.25, 0.3) is 0 Å². The van der Waals surface area contributed by atoms with E-state index in [1.54, 1.807) is 12.4 Å². The van der Waals surface area contributed by atoms with Crippen LogP contribution in [0.15, 0.2) is 82.6 Å². The second-order valence-corrected chi connectivity index (χ2v) is 7.36. The van der Waals surface area contributed by atoms with Crippen molar-refractivity contribution in [3.05, 3.63) is 94.2 Å². The van der Waals surface area contributed by atoms with Gasteiger partial charge in [-0.15, -0.1) is 0 Å². The van der Waals surface area contributed by atoms with E-state index < -0.39 is 0 Å². The van der Waals surface area contributed by atoms with Gasteiger partial charge in [0.05, 0.1) is 11.8 Å². The van der Waals surface area contributed by atoms with Crippen molar-refractivity contribution in [2.24, 2.45) is 5.10 Å². The average Bonchev–Trinajstić information content (AvgIpc) is 3.15. The van der Waals surface area contributed by atoms with E-state index in [1.807, 2.05) is 30.3 Å². The monoisotopic (exact) mass is 405 g/mol. The fourth-order valence-electron chi connectivity index (χ4n) is 3.61. The second kappa shape index (κ2) is 6.25. The number of hydrogen-bond acceptors (Lipinski definition) is 4. The normalized spacial score (nSPS) is 20.8. The largest absolute Gasteiger partial charge is 0.464 e. The van der Waals surface area contributed by atoms with Crippen molar-refractivity contribution in [2.75, 3.05) is 0 Å². The highest BCUT2D eigenvalue weighted by Gasteiger charge is 2.40. The summed E-state index contributed by atoms with van der Waals surface area (Å²) < 4.78 is 7.39. The van der Waals surface area contributed by atoms with E-state index in [0.29, 0.717) is 0 Å². The van der Waals surface area contributed by atoms with Gasteiger partial charge in [0.15, 0.2) is 0 Å². The SMILES string of the molecule is Brc1ccc2c(c1)[C@H]1CC(c3ccccc3)=NN1[C@@H](c1ccncc1)O2. The Morgan fingerprint density at radius 1 is 1.00 bits per heavy atom. The molecule has 0 N–H and O–H groups in total. The number of pyridine rings is 1. The highest BCUT2D eigenvalue weighted by atomic mass is 79.9. The van der Waals surface area contributed by atoms with Crippen LogP contribution in [0.25, 0.3) is 0 Å². The molecule has 0 fully saturated rings. The first-order chi connectivity index (χ1) is 12.8. The summed E-state index contributed by atoms with van der Waals surface area (Å²) in [5.41, 5.74) is 4.47. The number of rotatable bonds is 2. The summed E-state index contributed by atoms with van der Waals surface area (Å²) in [5, 5.41) is 7.05. The molecule has 5 rings (SSSR count). The fourth-order valence-corrected chi connectivity index (χ4v) is 3.99.